The van der Waals surface area contributed by atoms with Crippen molar-refractivity contribution in [3.05, 3.63) is 29.8 Å². The fourth-order valence-corrected chi connectivity index (χ4v) is 4.48. The van der Waals surface area contributed by atoms with Gasteiger partial charge in [0.25, 0.3) is 0 Å². The van der Waals surface area contributed by atoms with Crippen molar-refractivity contribution >= 4 is 45.6 Å². The third-order valence-corrected chi connectivity index (χ3v) is 5.76. The second kappa shape index (κ2) is 8.22. The zero-order valence-corrected chi connectivity index (χ0v) is 17.9. The van der Waals surface area contributed by atoms with Crippen LogP contribution in [0.25, 0.3) is 0 Å². The second-order valence-corrected chi connectivity index (χ2v) is 8.56. The highest BCUT2D eigenvalue weighted by Gasteiger charge is 2.45. The van der Waals surface area contributed by atoms with E-state index in [9.17, 15) is 8.42 Å². The van der Waals surface area contributed by atoms with E-state index in [0.717, 1.165) is 12.5 Å². The van der Waals surface area contributed by atoms with E-state index < -0.39 is 10.0 Å². The van der Waals surface area contributed by atoms with E-state index in [4.69, 9.17) is 0 Å². The van der Waals surface area contributed by atoms with Crippen molar-refractivity contribution < 1.29 is 8.42 Å². The molecular weight excluding hydrogens is 451 g/mol. The number of halogens is 1. The van der Waals surface area contributed by atoms with Crippen LogP contribution in [0.4, 0.5) is 5.69 Å². The van der Waals surface area contributed by atoms with E-state index in [0.29, 0.717) is 13.1 Å². The van der Waals surface area contributed by atoms with Gasteiger partial charge in [0.05, 0.1) is 6.26 Å². The Morgan fingerprint density at radius 1 is 1.24 bits per heavy atom. The number of aliphatic imine (C=N–C) groups is 1. The number of para-hydroxylation sites is 1. The molecule has 1 saturated carbocycles. The number of nitrogens with zero attached hydrogens (tertiary/aromatic N) is 2. The van der Waals surface area contributed by atoms with Crippen molar-refractivity contribution in [2.45, 2.75) is 31.1 Å². The quantitative estimate of drug-likeness (QED) is 0.301. The number of benzene rings is 1. The molecule has 0 aromatic heterocycles. The standard InChI is InChI=1S/C17H26N4O2S.HI/c1-18-16(19-11-12-20-24(2,22)23)21-13-17(9-5-6-10-17)14-7-3-4-8-15(14)21;/h3-4,7-8,20H,5-6,9-13H2,1-2H3,(H,18,19);1H. The van der Waals surface area contributed by atoms with Crippen molar-refractivity contribution in [3.63, 3.8) is 0 Å². The largest absolute Gasteiger partial charge is 0.355 e. The van der Waals surface area contributed by atoms with Crippen LogP contribution in [0.15, 0.2) is 29.3 Å². The van der Waals surface area contributed by atoms with Crippen LogP contribution in [-0.2, 0) is 15.4 Å². The summed E-state index contributed by atoms with van der Waals surface area (Å²) in [4.78, 5) is 6.66. The fourth-order valence-electron chi connectivity index (χ4n) is 4.00. The van der Waals surface area contributed by atoms with Crippen molar-refractivity contribution in [1.29, 1.82) is 0 Å². The summed E-state index contributed by atoms with van der Waals surface area (Å²) in [6.07, 6.45) is 6.20. The zero-order chi connectivity index (χ0) is 17.2. The van der Waals surface area contributed by atoms with Gasteiger partial charge in [-0.2, -0.15) is 0 Å². The summed E-state index contributed by atoms with van der Waals surface area (Å²) >= 11 is 0. The summed E-state index contributed by atoms with van der Waals surface area (Å²) in [7, 11) is -1.39. The molecule has 2 aliphatic rings. The molecule has 0 amide bonds. The van der Waals surface area contributed by atoms with Gasteiger partial charge in [-0.05, 0) is 24.5 Å². The number of hydrogen-bond acceptors (Lipinski definition) is 3. The molecular formula is C17H27IN4O2S. The van der Waals surface area contributed by atoms with E-state index in [1.165, 1.54) is 43.2 Å². The predicted molar refractivity (Wildman–Crippen MR) is 114 cm³/mol. The first-order chi connectivity index (χ1) is 11.5. The minimum absolute atomic E-state index is 0. The van der Waals surface area contributed by atoms with Crippen molar-refractivity contribution in [2.24, 2.45) is 4.99 Å². The summed E-state index contributed by atoms with van der Waals surface area (Å²) in [6, 6.07) is 8.59. The molecule has 0 unspecified atom stereocenters. The van der Waals surface area contributed by atoms with Crippen molar-refractivity contribution in [3.8, 4) is 0 Å². The van der Waals surface area contributed by atoms with E-state index in [-0.39, 0.29) is 29.4 Å². The van der Waals surface area contributed by atoms with Gasteiger partial charge in [0.15, 0.2) is 5.96 Å². The SMILES string of the molecule is CN=C(NCCNS(C)(=O)=O)N1CC2(CCCC2)c2ccccc21.I. The second-order valence-electron chi connectivity index (χ2n) is 6.73. The number of sulfonamides is 1. The van der Waals surface area contributed by atoms with Crippen LogP contribution in [0.3, 0.4) is 0 Å². The Kier molecular flexibility index (Phi) is 6.72. The van der Waals surface area contributed by atoms with Gasteiger partial charge >= 0.3 is 0 Å². The molecule has 1 heterocycles. The maximum atomic E-state index is 11.2. The highest BCUT2D eigenvalue weighted by molar-refractivity contribution is 14.0. The molecule has 0 bridgehead atoms. The Morgan fingerprint density at radius 2 is 1.92 bits per heavy atom. The smallest absolute Gasteiger partial charge is 0.208 e. The minimum Gasteiger partial charge on any atom is -0.355 e. The first-order valence-corrected chi connectivity index (χ1v) is 10.4. The Morgan fingerprint density at radius 3 is 2.56 bits per heavy atom. The van der Waals surface area contributed by atoms with Crippen LogP contribution < -0.4 is 14.9 Å². The Balaban J connectivity index is 0.00000225. The maximum absolute atomic E-state index is 11.2. The molecule has 1 fully saturated rings. The lowest BCUT2D eigenvalue weighted by atomic mass is 9.81. The van der Waals surface area contributed by atoms with Crippen molar-refractivity contribution in [2.75, 3.05) is 37.8 Å². The molecule has 0 atom stereocenters. The predicted octanol–water partition coefficient (Wildman–Crippen LogP) is 2.06. The van der Waals surface area contributed by atoms with Gasteiger partial charge in [-0.1, -0.05) is 31.0 Å². The molecule has 1 aliphatic heterocycles. The molecule has 0 radical (unpaired) electrons. The molecule has 1 aromatic rings. The molecule has 8 heteroatoms. The maximum Gasteiger partial charge on any atom is 0.208 e. The lowest BCUT2D eigenvalue weighted by Crippen LogP contribution is -2.45. The highest BCUT2D eigenvalue weighted by Crippen LogP contribution is 2.50. The molecule has 1 spiro atoms. The van der Waals surface area contributed by atoms with Gasteiger partial charge < -0.3 is 10.2 Å². The number of anilines is 1. The normalized spacial score (nSPS) is 19.0. The lowest BCUT2D eigenvalue weighted by Gasteiger charge is -2.26. The van der Waals surface area contributed by atoms with Gasteiger partial charge in [-0.25, -0.2) is 13.1 Å². The zero-order valence-electron chi connectivity index (χ0n) is 14.8. The molecule has 25 heavy (non-hydrogen) atoms. The van der Waals surface area contributed by atoms with E-state index >= 15 is 0 Å². The fraction of sp³-hybridized carbons (Fsp3) is 0.588. The molecule has 0 saturated heterocycles. The van der Waals surface area contributed by atoms with Gasteiger partial charge in [0.2, 0.25) is 10.0 Å². The van der Waals surface area contributed by atoms with Crippen LogP contribution in [-0.4, -0.2) is 47.3 Å². The average Bonchev–Trinajstić information content (AvgIpc) is 3.14. The first kappa shape index (κ1) is 20.4. The highest BCUT2D eigenvalue weighted by atomic mass is 127. The van der Waals surface area contributed by atoms with Gasteiger partial charge in [0.1, 0.15) is 0 Å². The summed E-state index contributed by atoms with van der Waals surface area (Å²) in [5.74, 6) is 0.807. The number of hydrogen-bond donors (Lipinski definition) is 2. The first-order valence-electron chi connectivity index (χ1n) is 8.48. The molecule has 3 rings (SSSR count). The Labute approximate surface area is 167 Å². The molecule has 1 aromatic carbocycles. The lowest BCUT2D eigenvalue weighted by molar-refractivity contribution is 0.478. The molecule has 6 nitrogen and oxygen atoms in total. The number of guanidine groups is 1. The Bertz CT molecular complexity index is 730. The summed E-state index contributed by atoms with van der Waals surface area (Å²) in [6.45, 7) is 1.80. The summed E-state index contributed by atoms with van der Waals surface area (Å²) < 4.78 is 24.8. The van der Waals surface area contributed by atoms with Gasteiger partial charge in [-0.15, -0.1) is 24.0 Å². The Hall–Kier alpha value is -0.870. The monoisotopic (exact) mass is 478 g/mol. The van der Waals surface area contributed by atoms with Crippen LogP contribution in [0.2, 0.25) is 0 Å². The molecule has 1 aliphatic carbocycles. The average molecular weight is 478 g/mol. The topological polar surface area (TPSA) is 73.8 Å². The van der Waals surface area contributed by atoms with Crippen LogP contribution in [0, 0.1) is 0 Å². The van der Waals surface area contributed by atoms with Gasteiger partial charge in [0, 0.05) is 37.8 Å². The molecule has 140 valence electrons. The number of fused-ring (bicyclic) bond motifs is 2. The third-order valence-electron chi connectivity index (χ3n) is 5.03. The summed E-state index contributed by atoms with van der Waals surface area (Å²) in [5.41, 5.74) is 2.91. The summed E-state index contributed by atoms with van der Waals surface area (Å²) in [5, 5.41) is 3.28. The van der Waals surface area contributed by atoms with Crippen LogP contribution >= 0.6 is 24.0 Å². The van der Waals surface area contributed by atoms with Crippen molar-refractivity contribution in [1.82, 2.24) is 10.0 Å². The van der Waals surface area contributed by atoms with Crippen LogP contribution in [0.5, 0.6) is 0 Å². The molecule has 2 N–H and O–H groups in total. The number of rotatable bonds is 4. The van der Waals surface area contributed by atoms with E-state index in [1.54, 1.807) is 7.05 Å². The minimum atomic E-state index is -3.16. The van der Waals surface area contributed by atoms with Gasteiger partial charge in [-0.3, -0.25) is 4.99 Å². The van der Waals surface area contributed by atoms with Crippen LogP contribution in [0.1, 0.15) is 31.2 Å². The van der Waals surface area contributed by atoms with E-state index in [1.807, 2.05) is 0 Å². The van der Waals surface area contributed by atoms with E-state index in [2.05, 4.69) is 44.2 Å². The number of nitrogens with one attached hydrogen (secondary N) is 2. The third kappa shape index (κ3) is 4.46.